The van der Waals surface area contributed by atoms with E-state index < -0.39 is 0 Å². The van der Waals surface area contributed by atoms with Crippen LogP contribution in [0.3, 0.4) is 0 Å². The van der Waals surface area contributed by atoms with Crippen LogP contribution >= 0.6 is 0 Å². The molecular formula is C9H9N5O. The van der Waals surface area contributed by atoms with Gasteiger partial charge in [-0.25, -0.2) is 0 Å². The van der Waals surface area contributed by atoms with Gasteiger partial charge in [-0.2, -0.15) is 0 Å². The fourth-order valence-corrected chi connectivity index (χ4v) is 1.05. The minimum absolute atomic E-state index is 0.00765. The smallest absolute Gasteiger partial charge is 0.221 e. The molecule has 0 fully saturated rings. The molecule has 0 aliphatic rings. The molecule has 0 saturated heterocycles. The van der Waals surface area contributed by atoms with E-state index in [-0.39, 0.29) is 6.61 Å². The van der Waals surface area contributed by atoms with Crippen LogP contribution in [0.25, 0.3) is 11.5 Å². The SMILES string of the molecule is OCCc1nnc(-c2ccccn2)nn1. The normalized spacial score (nSPS) is 10.2. The summed E-state index contributed by atoms with van der Waals surface area (Å²) in [6.45, 7) is -0.00765. The second-order valence-electron chi connectivity index (χ2n) is 2.83. The Hall–Kier alpha value is -1.95. The fraction of sp³-hybridized carbons (Fsp3) is 0.222. The Morgan fingerprint density at radius 2 is 1.87 bits per heavy atom. The van der Waals surface area contributed by atoms with Crippen molar-refractivity contribution in [3.63, 3.8) is 0 Å². The summed E-state index contributed by atoms with van der Waals surface area (Å²) in [7, 11) is 0. The molecule has 0 aliphatic heterocycles. The van der Waals surface area contributed by atoms with Crippen LogP contribution in [0.5, 0.6) is 0 Å². The average Bonchev–Trinajstić information content (AvgIpc) is 2.32. The Labute approximate surface area is 86.0 Å². The van der Waals surface area contributed by atoms with Gasteiger partial charge in [-0.3, -0.25) is 4.98 Å². The van der Waals surface area contributed by atoms with Gasteiger partial charge in [0, 0.05) is 12.6 Å². The Morgan fingerprint density at radius 3 is 2.47 bits per heavy atom. The van der Waals surface area contributed by atoms with Crippen molar-refractivity contribution in [1.29, 1.82) is 0 Å². The number of hydrogen-bond acceptors (Lipinski definition) is 6. The standard InChI is InChI=1S/C9H9N5O/c15-6-4-8-11-13-9(14-12-8)7-3-1-2-5-10-7/h1-3,5,15H,4,6H2. The summed E-state index contributed by atoms with van der Waals surface area (Å²) in [6.07, 6.45) is 2.02. The summed E-state index contributed by atoms with van der Waals surface area (Å²) in [5.74, 6) is 0.814. The van der Waals surface area contributed by atoms with Gasteiger partial charge in [-0.05, 0) is 12.1 Å². The van der Waals surface area contributed by atoms with Gasteiger partial charge in [0.05, 0.1) is 6.61 Å². The lowest BCUT2D eigenvalue weighted by Gasteiger charge is -1.97. The van der Waals surface area contributed by atoms with Crippen LogP contribution in [0.2, 0.25) is 0 Å². The zero-order valence-corrected chi connectivity index (χ0v) is 7.91. The highest BCUT2D eigenvalue weighted by atomic mass is 16.3. The van der Waals surface area contributed by atoms with E-state index in [9.17, 15) is 0 Å². The molecule has 0 atom stereocenters. The molecule has 6 nitrogen and oxygen atoms in total. The predicted molar refractivity (Wildman–Crippen MR) is 51.6 cm³/mol. The minimum Gasteiger partial charge on any atom is -0.396 e. The predicted octanol–water partition coefficient (Wildman–Crippen LogP) is -0.137. The van der Waals surface area contributed by atoms with Crippen LogP contribution in [0.1, 0.15) is 5.82 Å². The van der Waals surface area contributed by atoms with Gasteiger partial charge >= 0.3 is 0 Å². The average molecular weight is 203 g/mol. The lowest BCUT2D eigenvalue weighted by molar-refractivity contribution is 0.295. The fourth-order valence-electron chi connectivity index (χ4n) is 1.05. The molecule has 0 spiro atoms. The summed E-state index contributed by atoms with van der Waals surface area (Å²) in [4.78, 5) is 4.07. The maximum absolute atomic E-state index is 8.66. The highest BCUT2D eigenvalue weighted by molar-refractivity contribution is 5.46. The van der Waals surface area contributed by atoms with Crippen molar-refractivity contribution in [3.8, 4) is 11.5 Å². The van der Waals surface area contributed by atoms with E-state index in [1.54, 1.807) is 12.3 Å². The molecule has 15 heavy (non-hydrogen) atoms. The Bertz CT molecular complexity index is 416. The minimum atomic E-state index is -0.00765. The monoisotopic (exact) mass is 203 g/mol. The first-order valence-electron chi connectivity index (χ1n) is 4.48. The Morgan fingerprint density at radius 1 is 1.07 bits per heavy atom. The topological polar surface area (TPSA) is 84.7 Å². The zero-order chi connectivity index (χ0) is 10.5. The van der Waals surface area contributed by atoms with Crippen molar-refractivity contribution in [3.05, 3.63) is 30.2 Å². The summed E-state index contributed by atoms with van der Waals surface area (Å²) >= 11 is 0. The van der Waals surface area contributed by atoms with Crippen LogP contribution in [0, 0.1) is 0 Å². The van der Waals surface area contributed by atoms with E-state index in [1.807, 2.05) is 12.1 Å². The van der Waals surface area contributed by atoms with E-state index in [2.05, 4.69) is 25.4 Å². The second kappa shape index (κ2) is 4.52. The largest absolute Gasteiger partial charge is 0.396 e. The van der Waals surface area contributed by atoms with Crippen molar-refractivity contribution in [2.45, 2.75) is 6.42 Å². The molecule has 0 amide bonds. The van der Waals surface area contributed by atoms with Gasteiger partial charge in [0.25, 0.3) is 0 Å². The molecule has 0 bridgehead atoms. The van der Waals surface area contributed by atoms with Crippen molar-refractivity contribution in [2.24, 2.45) is 0 Å². The number of nitrogens with zero attached hydrogens (tertiary/aromatic N) is 5. The number of rotatable bonds is 3. The molecule has 6 heteroatoms. The van der Waals surface area contributed by atoms with Crippen molar-refractivity contribution in [2.75, 3.05) is 6.61 Å². The van der Waals surface area contributed by atoms with Gasteiger partial charge in [0.2, 0.25) is 5.82 Å². The summed E-state index contributed by atoms with van der Waals surface area (Å²) in [5.41, 5.74) is 0.632. The van der Waals surface area contributed by atoms with Gasteiger partial charge in [0.1, 0.15) is 5.69 Å². The molecule has 1 N–H and O–H groups in total. The van der Waals surface area contributed by atoms with Gasteiger partial charge in [0.15, 0.2) is 5.82 Å². The van der Waals surface area contributed by atoms with Crippen LogP contribution in [0.4, 0.5) is 0 Å². The summed E-state index contributed by atoms with van der Waals surface area (Å²) in [5, 5.41) is 24.0. The van der Waals surface area contributed by atoms with E-state index in [1.165, 1.54) is 0 Å². The first-order chi connectivity index (χ1) is 7.40. The third kappa shape index (κ3) is 2.29. The number of aliphatic hydroxyl groups excluding tert-OH is 1. The first-order valence-corrected chi connectivity index (χ1v) is 4.48. The molecule has 2 heterocycles. The number of hydrogen-bond donors (Lipinski definition) is 1. The van der Waals surface area contributed by atoms with Crippen LogP contribution in [-0.2, 0) is 6.42 Å². The molecule has 0 saturated carbocycles. The maximum Gasteiger partial charge on any atom is 0.221 e. The molecule has 0 radical (unpaired) electrons. The number of aliphatic hydroxyl groups is 1. The highest BCUT2D eigenvalue weighted by Crippen LogP contribution is 2.07. The second-order valence-corrected chi connectivity index (χ2v) is 2.83. The lowest BCUT2D eigenvalue weighted by Crippen LogP contribution is -2.05. The molecule has 0 aromatic carbocycles. The Balaban J connectivity index is 2.24. The van der Waals surface area contributed by atoms with Crippen molar-refractivity contribution < 1.29 is 5.11 Å². The number of pyridine rings is 1. The van der Waals surface area contributed by atoms with Crippen LogP contribution in [-0.4, -0.2) is 37.1 Å². The van der Waals surface area contributed by atoms with Crippen LogP contribution in [0.15, 0.2) is 24.4 Å². The van der Waals surface area contributed by atoms with E-state index in [0.717, 1.165) is 0 Å². The van der Waals surface area contributed by atoms with Crippen LogP contribution < -0.4 is 0 Å². The van der Waals surface area contributed by atoms with Gasteiger partial charge < -0.3 is 5.11 Å². The molecule has 76 valence electrons. The Kier molecular flexibility index (Phi) is 2.89. The zero-order valence-electron chi connectivity index (χ0n) is 7.91. The third-order valence-electron chi connectivity index (χ3n) is 1.75. The van der Waals surface area contributed by atoms with E-state index in [4.69, 9.17) is 5.11 Å². The van der Waals surface area contributed by atoms with Gasteiger partial charge in [-0.1, -0.05) is 6.07 Å². The lowest BCUT2D eigenvalue weighted by atomic mass is 10.3. The molecule has 2 aromatic rings. The molecule has 2 rings (SSSR count). The van der Waals surface area contributed by atoms with Crippen molar-refractivity contribution in [1.82, 2.24) is 25.4 Å². The first kappa shape index (κ1) is 9.60. The third-order valence-corrected chi connectivity index (χ3v) is 1.75. The quantitative estimate of drug-likeness (QED) is 0.747. The molecule has 0 unspecified atom stereocenters. The molecular weight excluding hydrogens is 194 g/mol. The van der Waals surface area contributed by atoms with Gasteiger partial charge in [-0.15, -0.1) is 20.4 Å². The van der Waals surface area contributed by atoms with Crippen molar-refractivity contribution >= 4 is 0 Å². The molecule has 0 aliphatic carbocycles. The van der Waals surface area contributed by atoms with E-state index >= 15 is 0 Å². The summed E-state index contributed by atoms with van der Waals surface area (Å²) < 4.78 is 0. The van der Waals surface area contributed by atoms with E-state index in [0.29, 0.717) is 23.8 Å². The maximum atomic E-state index is 8.66. The highest BCUT2D eigenvalue weighted by Gasteiger charge is 2.04. The summed E-state index contributed by atoms with van der Waals surface area (Å²) in [6, 6.07) is 5.43. The molecule has 2 aromatic heterocycles. The number of aromatic nitrogens is 5.